The molecule has 1 saturated heterocycles. The molecule has 92 valence electrons. The van der Waals surface area contributed by atoms with Crippen LogP contribution in [0.1, 0.15) is 18.5 Å². The van der Waals surface area contributed by atoms with Gasteiger partial charge in [-0.2, -0.15) is 5.10 Å². The van der Waals surface area contributed by atoms with Gasteiger partial charge < -0.3 is 10.5 Å². The number of hydrogen-bond donors (Lipinski definition) is 1. The minimum absolute atomic E-state index is 0.255. The van der Waals surface area contributed by atoms with Gasteiger partial charge in [0.25, 0.3) is 0 Å². The number of aromatic nitrogens is 4. The third kappa shape index (κ3) is 1.59. The third-order valence-corrected chi connectivity index (χ3v) is 3.33. The van der Waals surface area contributed by atoms with Gasteiger partial charge in [-0.05, 0) is 19.8 Å². The first-order valence-electron chi connectivity index (χ1n) is 5.93. The zero-order valence-corrected chi connectivity index (χ0v) is 10.2. The Morgan fingerprint density at radius 1 is 1.53 bits per heavy atom. The van der Waals surface area contributed by atoms with E-state index in [1.807, 2.05) is 23.2 Å². The highest BCUT2D eigenvalue weighted by atomic mass is 16.5. The highest BCUT2D eigenvalue weighted by Crippen LogP contribution is 2.23. The maximum atomic E-state index is 5.97. The summed E-state index contributed by atoms with van der Waals surface area (Å²) in [7, 11) is 1.92. The molecule has 0 saturated carbocycles. The van der Waals surface area contributed by atoms with E-state index in [4.69, 9.17) is 10.5 Å². The first-order valence-corrected chi connectivity index (χ1v) is 5.93. The smallest absolute Gasteiger partial charge is 0.202 e. The number of ether oxygens (including phenoxy) is 1. The van der Waals surface area contributed by atoms with Gasteiger partial charge in [0.1, 0.15) is 5.52 Å². The topological polar surface area (TPSA) is 70.9 Å². The molecule has 2 aromatic heterocycles. The van der Waals surface area contributed by atoms with Crippen molar-refractivity contribution in [1.29, 1.82) is 0 Å². The average Bonchev–Trinajstić information content (AvgIpc) is 2.93. The number of nitrogens with two attached hydrogens (primary N) is 1. The first-order chi connectivity index (χ1) is 8.16. The average molecular weight is 235 g/mol. The van der Waals surface area contributed by atoms with E-state index in [1.165, 1.54) is 0 Å². The van der Waals surface area contributed by atoms with Gasteiger partial charge in [-0.25, -0.2) is 4.98 Å². The lowest BCUT2D eigenvalue weighted by Gasteiger charge is -2.12. The highest BCUT2D eigenvalue weighted by molar-refractivity contribution is 5.77. The monoisotopic (exact) mass is 235 g/mol. The molecular formula is C11H17N5O. The molecule has 1 aliphatic rings. The Morgan fingerprint density at radius 2 is 2.35 bits per heavy atom. The van der Waals surface area contributed by atoms with Gasteiger partial charge in [0.15, 0.2) is 5.65 Å². The molecule has 6 heteroatoms. The quantitative estimate of drug-likeness (QED) is 0.837. The van der Waals surface area contributed by atoms with Crippen molar-refractivity contribution in [3.05, 3.63) is 5.69 Å². The number of fused-ring (bicyclic) bond motifs is 1. The Hall–Kier alpha value is -1.56. The zero-order chi connectivity index (χ0) is 12.0. The summed E-state index contributed by atoms with van der Waals surface area (Å²) in [6.07, 6.45) is 2.48. The molecule has 1 fully saturated rings. The second-order valence-electron chi connectivity index (χ2n) is 4.60. The number of rotatable bonds is 2. The van der Waals surface area contributed by atoms with E-state index in [2.05, 4.69) is 10.1 Å². The van der Waals surface area contributed by atoms with E-state index in [0.717, 1.165) is 42.9 Å². The van der Waals surface area contributed by atoms with Crippen molar-refractivity contribution in [3.63, 3.8) is 0 Å². The molecule has 0 spiro atoms. The lowest BCUT2D eigenvalue weighted by Crippen LogP contribution is -2.17. The minimum Gasteiger partial charge on any atom is -0.376 e. The standard InChI is InChI=1S/C11H17N5O/c1-7-9-10(15(2)14-7)16(11(12)13-9)6-8-4-3-5-17-8/h8H,3-6H2,1-2H3,(H2,12,13). The summed E-state index contributed by atoms with van der Waals surface area (Å²) >= 11 is 0. The highest BCUT2D eigenvalue weighted by Gasteiger charge is 2.21. The summed E-state index contributed by atoms with van der Waals surface area (Å²) in [5.74, 6) is 0.548. The van der Waals surface area contributed by atoms with Crippen LogP contribution in [0.2, 0.25) is 0 Å². The van der Waals surface area contributed by atoms with Crippen LogP contribution in [0.4, 0.5) is 5.95 Å². The number of nitrogens with zero attached hydrogens (tertiary/aromatic N) is 4. The molecule has 0 amide bonds. The van der Waals surface area contributed by atoms with E-state index >= 15 is 0 Å². The van der Waals surface area contributed by atoms with Gasteiger partial charge >= 0.3 is 0 Å². The number of nitrogen functional groups attached to an aromatic ring is 1. The third-order valence-electron chi connectivity index (χ3n) is 3.33. The predicted molar refractivity (Wildman–Crippen MR) is 64.6 cm³/mol. The Labute approximate surface area is 99.4 Å². The van der Waals surface area contributed by atoms with Gasteiger partial charge in [0, 0.05) is 13.7 Å². The Balaban J connectivity index is 2.04. The molecule has 3 heterocycles. The van der Waals surface area contributed by atoms with Crippen LogP contribution in [0.25, 0.3) is 11.2 Å². The normalized spacial score (nSPS) is 20.5. The molecule has 2 N–H and O–H groups in total. The number of hydrogen-bond acceptors (Lipinski definition) is 4. The van der Waals surface area contributed by atoms with E-state index in [-0.39, 0.29) is 6.10 Å². The summed E-state index contributed by atoms with van der Waals surface area (Å²) in [4.78, 5) is 4.38. The molecule has 0 bridgehead atoms. The van der Waals surface area contributed by atoms with Gasteiger partial charge in [0.2, 0.25) is 5.95 Å². The predicted octanol–water partition coefficient (Wildman–Crippen LogP) is 0.839. The molecule has 2 aromatic rings. The Bertz CT molecular complexity index is 550. The van der Waals surface area contributed by atoms with Crippen molar-refractivity contribution < 1.29 is 4.74 Å². The maximum Gasteiger partial charge on any atom is 0.202 e. The second-order valence-corrected chi connectivity index (χ2v) is 4.60. The van der Waals surface area contributed by atoms with Crippen LogP contribution in [0.15, 0.2) is 0 Å². The van der Waals surface area contributed by atoms with E-state index in [9.17, 15) is 0 Å². The van der Waals surface area contributed by atoms with Crippen molar-refractivity contribution in [2.75, 3.05) is 12.3 Å². The lowest BCUT2D eigenvalue weighted by molar-refractivity contribution is 0.0981. The molecule has 3 rings (SSSR count). The van der Waals surface area contributed by atoms with Gasteiger partial charge in [0.05, 0.1) is 18.3 Å². The van der Waals surface area contributed by atoms with Crippen LogP contribution < -0.4 is 5.73 Å². The van der Waals surface area contributed by atoms with Crippen molar-refractivity contribution >= 4 is 17.1 Å². The molecule has 0 aliphatic carbocycles. The van der Waals surface area contributed by atoms with Crippen molar-refractivity contribution in [1.82, 2.24) is 19.3 Å². The van der Waals surface area contributed by atoms with Crippen molar-refractivity contribution in [2.24, 2.45) is 7.05 Å². The molecule has 1 atom stereocenters. The molecule has 1 unspecified atom stereocenters. The lowest BCUT2D eigenvalue weighted by atomic mass is 10.2. The van der Waals surface area contributed by atoms with Crippen molar-refractivity contribution in [3.8, 4) is 0 Å². The maximum absolute atomic E-state index is 5.97. The summed E-state index contributed by atoms with van der Waals surface area (Å²) in [5, 5.41) is 4.36. The SMILES string of the molecule is Cc1nn(C)c2c1nc(N)n2CC1CCCO1. The van der Waals surface area contributed by atoms with Crippen LogP contribution in [0.5, 0.6) is 0 Å². The zero-order valence-electron chi connectivity index (χ0n) is 10.2. The van der Waals surface area contributed by atoms with E-state index in [0.29, 0.717) is 5.95 Å². The molecule has 1 aliphatic heterocycles. The number of anilines is 1. The summed E-state index contributed by atoms with van der Waals surface area (Å²) < 4.78 is 9.48. The largest absolute Gasteiger partial charge is 0.376 e. The van der Waals surface area contributed by atoms with E-state index < -0.39 is 0 Å². The first kappa shape index (κ1) is 10.6. The molecule has 6 nitrogen and oxygen atoms in total. The van der Waals surface area contributed by atoms with Crippen LogP contribution in [-0.2, 0) is 18.3 Å². The fourth-order valence-corrected chi connectivity index (χ4v) is 2.52. The fraction of sp³-hybridized carbons (Fsp3) is 0.636. The Kier molecular flexibility index (Phi) is 2.32. The molecule has 0 aromatic carbocycles. The van der Waals surface area contributed by atoms with Gasteiger partial charge in [-0.1, -0.05) is 0 Å². The molecular weight excluding hydrogens is 218 g/mol. The van der Waals surface area contributed by atoms with Gasteiger partial charge in [-0.3, -0.25) is 9.25 Å². The second kappa shape index (κ2) is 3.73. The summed E-state index contributed by atoms with van der Waals surface area (Å²) in [6.45, 7) is 3.57. The molecule has 17 heavy (non-hydrogen) atoms. The summed E-state index contributed by atoms with van der Waals surface area (Å²) in [6, 6.07) is 0. The fourth-order valence-electron chi connectivity index (χ4n) is 2.52. The van der Waals surface area contributed by atoms with Crippen LogP contribution in [0.3, 0.4) is 0 Å². The van der Waals surface area contributed by atoms with Crippen molar-refractivity contribution in [2.45, 2.75) is 32.4 Å². The Morgan fingerprint density at radius 3 is 3.06 bits per heavy atom. The van der Waals surface area contributed by atoms with Crippen LogP contribution in [-0.4, -0.2) is 32.0 Å². The number of aryl methyl sites for hydroxylation is 2. The van der Waals surface area contributed by atoms with Gasteiger partial charge in [-0.15, -0.1) is 0 Å². The minimum atomic E-state index is 0.255. The molecule has 0 radical (unpaired) electrons. The summed E-state index contributed by atoms with van der Waals surface area (Å²) in [5.41, 5.74) is 8.76. The van der Waals surface area contributed by atoms with E-state index in [1.54, 1.807) is 0 Å². The van der Waals surface area contributed by atoms with Crippen LogP contribution >= 0.6 is 0 Å². The van der Waals surface area contributed by atoms with Crippen LogP contribution in [0, 0.1) is 6.92 Å². The number of imidazole rings is 1.